The van der Waals surface area contributed by atoms with E-state index < -0.39 is 11.5 Å². The lowest BCUT2D eigenvalue weighted by molar-refractivity contribution is 0.0364. The summed E-state index contributed by atoms with van der Waals surface area (Å²) in [6, 6.07) is 1.74. The van der Waals surface area contributed by atoms with Crippen LogP contribution in [0.4, 0.5) is 0 Å². The molecule has 3 heterocycles. The van der Waals surface area contributed by atoms with Crippen molar-refractivity contribution in [3.63, 3.8) is 0 Å². The lowest BCUT2D eigenvalue weighted by Gasteiger charge is -2.27. The van der Waals surface area contributed by atoms with Crippen molar-refractivity contribution < 1.29 is 14.6 Å². The van der Waals surface area contributed by atoms with Gasteiger partial charge in [-0.3, -0.25) is 19.1 Å². The third kappa shape index (κ3) is 4.53. The molecule has 1 amide bonds. The van der Waals surface area contributed by atoms with E-state index in [1.807, 2.05) is 0 Å². The molecule has 0 unspecified atom stereocenters. The largest absolute Gasteiger partial charge is 0.506 e. The molecule has 9 heteroatoms. The van der Waals surface area contributed by atoms with Gasteiger partial charge in [0.25, 0.3) is 11.5 Å². The smallest absolute Gasteiger partial charge is 0.268 e. The van der Waals surface area contributed by atoms with Crippen molar-refractivity contribution in [1.82, 2.24) is 19.8 Å². The van der Waals surface area contributed by atoms with Crippen LogP contribution in [0.3, 0.4) is 0 Å². The Morgan fingerprint density at radius 2 is 1.97 bits per heavy atom. The Kier molecular flexibility index (Phi) is 6.70. The van der Waals surface area contributed by atoms with Crippen molar-refractivity contribution in [3.8, 4) is 5.75 Å². The maximum atomic E-state index is 13.3. The van der Waals surface area contributed by atoms with E-state index in [0.29, 0.717) is 41.8 Å². The number of rotatable bonds is 5. The van der Waals surface area contributed by atoms with E-state index in [2.05, 4.69) is 31.1 Å². The summed E-state index contributed by atoms with van der Waals surface area (Å²) in [6.45, 7) is 3.98. The molecule has 0 bridgehead atoms. The number of pyridine rings is 2. The molecule has 2 fully saturated rings. The third-order valence-electron chi connectivity index (χ3n) is 5.95. The number of carbonyl (C=O) groups excluding carboxylic acids is 1. The number of morpholine rings is 1. The second-order valence-electron chi connectivity index (χ2n) is 7.97. The standard InChI is InChI=1S/C21H27BrN4O4/c22-14-12-16-18(27)17(20(28)24-15-4-2-1-3-5-15)21(29)26(19(16)23-13-14)7-6-25-8-10-30-11-9-25/h12-13,15,27H,1-11H2,(H,24,28). The van der Waals surface area contributed by atoms with E-state index in [9.17, 15) is 14.7 Å². The first-order valence-electron chi connectivity index (χ1n) is 10.6. The molecule has 0 atom stereocenters. The molecule has 1 saturated heterocycles. The van der Waals surface area contributed by atoms with Crippen LogP contribution in [-0.2, 0) is 11.3 Å². The van der Waals surface area contributed by atoms with E-state index in [1.165, 1.54) is 11.0 Å². The summed E-state index contributed by atoms with van der Waals surface area (Å²) in [7, 11) is 0. The topological polar surface area (TPSA) is 96.7 Å². The van der Waals surface area contributed by atoms with Crippen LogP contribution >= 0.6 is 15.9 Å². The Morgan fingerprint density at radius 1 is 1.23 bits per heavy atom. The minimum Gasteiger partial charge on any atom is -0.506 e. The summed E-state index contributed by atoms with van der Waals surface area (Å²) in [5, 5.41) is 14.2. The molecule has 0 spiro atoms. The van der Waals surface area contributed by atoms with E-state index in [1.54, 1.807) is 12.3 Å². The SMILES string of the molecule is O=C(NC1CCCCC1)c1c(O)c2cc(Br)cnc2n(CCN2CCOCC2)c1=O. The van der Waals surface area contributed by atoms with Crippen molar-refractivity contribution in [2.24, 2.45) is 0 Å². The highest BCUT2D eigenvalue weighted by Gasteiger charge is 2.26. The Balaban J connectivity index is 1.69. The molecular weight excluding hydrogens is 452 g/mol. The molecule has 2 aromatic heterocycles. The summed E-state index contributed by atoms with van der Waals surface area (Å²) in [6.07, 6.45) is 6.69. The van der Waals surface area contributed by atoms with Gasteiger partial charge in [-0.25, -0.2) is 4.98 Å². The molecule has 2 N–H and O–H groups in total. The van der Waals surface area contributed by atoms with Crippen molar-refractivity contribution >= 4 is 32.9 Å². The number of halogens is 1. The first-order chi connectivity index (χ1) is 14.5. The van der Waals surface area contributed by atoms with Crippen molar-refractivity contribution in [2.75, 3.05) is 32.8 Å². The molecule has 2 aliphatic rings. The Morgan fingerprint density at radius 3 is 2.70 bits per heavy atom. The van der Waals surface area contributed by atoms with Crippen molar-refractivity contribution in [3.05, 3.63) is 32.7 Å². The predicted octanol–water partition coefficient (Wildman–Crippen LogP) is 2.26. The van der Waals surface area contributed by atoms with Crippen LogP contribution < -0.4 is 10.9 Å². The molecule has 1 aliphatic carbocycles. The Bertz CT molecular complexity index is 981. The fourth-order valence-electron chi connectivity index (χ4n) is 4.27. The molecule has 30 heavy (non-hydrogen) atoms. The van der Waals surface area contributed by atoms with E-state index in [-0.39, 0.29) is 17.4 Å². The normalized spacial score (nSPS) is 18.6. The van der Waals surface area contributed by atoms with Crippen LogP contribution in [0.5, 0.6) is 5.75 Å². The maximum Gasteiger partial charge on any atom is 0.268 e. The third-order valence-corrected chi connectivity index (χ3v) is 6.38. The van der Waals surface area contributed by atoms with Gasteiger partial charge in [-0.15, -0.1) is 0 Å². The fraction of sp³-hybridized carbons (Fsp3) is 0.571. The summed E-state index contributed by atoms with van der Waals surface area (Å²) < 4.78 is 7.56. The van der Waals surface area contributed by atoms with Gasteiger partial charge >= 0.3 is 0 Å². The molecule has 8 nitrogen and oxygen atoms in total. The van der Waals surface area contributed by atoms with Gasteiger partial charge in [-0.05, 0) is 34.8 Å². The summed E-state index contributed by atoms with van der Waals surface area (Å²) in [5.74, 6) is -0.814. The second kappa shape index (κ2) is 9.45. The molecule has 1 aliphatic heterocycles. The summed E-state index contributed by atoms with van der Waals surface area (Å²) in [5.41, 5.74) is -0.325. The summed E-state index contributed by atoms with van der Waals surface area (Å²) >= 11 is 3.37. The first-order valence-corrected chi connectivity index (χ1v) is 11.4. The average Bonchev–Trinajstić information content (AvgIpc) is 2.75. The van der Waals surface area contributed by atoms with Gasteiger partial charge in [-0.2, -0.15) is 0 Å². The Labute approximate surface area is 183 Å². The van der Waals surface area contributed by atoms with Crippen LogP contribution in [0.2, 0.25) is 0 Å². The van der Waals surface area contributed by atoms with Gasteiger partial charge in [0.2, 0.25) is 0 Å². The highest BCUT2D eigenvalue weighted by molar-refractivity contribution is 9.10. The number of aromatic hydroxyl groups is 1. The number of amides is 1. The van der Waals surface area contributed by atoms with Gasteiger partial charge in [0, 0.05) is 42.9 Å². The van der Waals surface area contributed by atoms with Gasteiger partial charge in [0.1, 0.15) is 17.0 Å². The number of aromatic nitrogens is 2. The van der Waals surface area contributed by atoms with Gasteiger partial charge in [0.15, 0.2) is 0 Å². The fourth-order valence-corrected chi connectivity index (χ4v) is 4.60. The van der Waals surface area contributed by atoms with E-state index in [0.717, 1.165) is 38.8 Å². The molecule has 1 saturated carbocycles. The van der Waals surface area contributed by atoms with E-state index in [4.69, 9.17) is 4.74 Å². The molecule has 2 aromatic rings. The minimum absolute atomic E-state index is 0.0446. The average molecular weight is 479 g/mol. The number of hydrogen-bond donors (Lipinski definition) is 2. The van der Waals surface area contributed by atoms with Gasteiger partial charge in [0.05, 0.1) is 18.6 Å². The van der Waals surface area contributed by atoms with Crippen molar-refractivity contribution in [2.45, 2.75) is 44.7 Å². The monoisotopic (exact) mass is 478 g/mol. The quantitative estimate of drug-likeness (QED) is 0.683. The highest BCUT2D eigenvalue weighted by atomic mass is 79.9. The second-order valence-corrected chi connectivity index (χ2v) is 8.88. The van der Waals surface area contributed by atoms with Gasteiger partial charge in [-0.1, -0.05) is 19.3 Å². The molecule has 0 radical (unpaired) electrons. The summed E-state index contributed by atoms with van der Waals surface area (Å²) in [4.78, 5) is 32.9. The Hall–Kier alpha value is -1.97. The predicted molar refractivity (Wildman–Crippen MR) is 117 cm³/mol. The zero-order valence-electron chi connectivity index (χ0n) is 16.9. The highest BCUT2D eigenvalue weighted by Crippen LogP contribution is 2.28. The van der Waals surface area contributed by atoms with E-state index >= 15 is 0 Å². The van der Waals surface area contributed by atoms with Crippen molar-refractivity contribution in [1.29, 1.82) is 0 Å². The zero-order chi connectivity index (χ0) is 21.1. The van der Waals surface area contributed by atoms with Crippen LogP contribution in [0.15, 0.2) is 21.5 Å². The molecule has 162 valence electrons. The first kappa shape index (κ1) is 21.3. The number of nitrogens with zero attached hydrogens (tertiary/aromatic N) is 3. The zero-order valence-corrected chi connectivity index (χ0v) is 18.5. The van der Waals surface area contributed by atoms with Crippen LogP contribution in [-0.4, -0.2) is 64.4 Å². The molecule has 4 rings (SSSR count). The number of hydrogen-bond acceptors (Lipinski definition) is 6. The minimum atomic E-state index is -0.508. The number of ether oxygens (including phenoxy) is 1. The molecular formula is C21H27BrN4O4. The lowest BCUT2D eigenvalue weighted by atomic mass is 9.95. The maximum absolute atomic E-state index is 13.3. The lowest BCUT2D eigenvalue weighted by Crippen LogP contribution is -2.42. The van der Waals surface area contributed by atoms with Crippen LogP contribution in [0, 0.1) is 0 Å². The molecule has 0 aromatic carbocycles. The van der Waals surface area contributed by atoms with Crippen LogP contribution in [0.1, 0.15) is 42.5 Å². The van der Waals surface area contributed by atoms with Gasteiger partial charge < -0.3 is 15.2 Å². The number of nitrogens with one attached hydrogen (secondary N) is 1. The van der Waals surface area contributed by atoms with Crippen LogP contribution in [0.25, 0.3) is 11.0 Å². The number of fused-ring (bicyclic) bond motifs is 1. The number of carbonyl (C=O) groups is 1.